The minimum absolute atomic E-state index is 0.129. The number of hydrogen-bond donors (Lipinski definition) is 0. The van der Waals surface area contributed by atoms with Crippen LogP contribution >= 0.6 is 0 Å². The summed E-state index contributed by atoms with van der Waals surface area (Å²) in [7, 11) is 0. The highest BCUT2D eigenvalue weighted by molar-refractivity contribution is 5.53. The molecule has 2 aromatic carbocycles. The number of nitrogens with zero attached hydrogens (tertiary/aromatic N) is 4. The summed E-state index contributed by atoms with van der Waals surface area (Å²) in [4.78, 5) is 20.4. The third-order valence-electron chi connectivity index (χ3n) is 6.73. The highest BCUT2D eigenvalue weighted by Gasteiger charge is 2.31. The van der Waals surface area contributed by atoms with Gasteiger partial charge in [0.1, 0.15) is 0 Å². The molecule has 0 bridgehead atoms. The van der Waals surface area contributed by atoms with Crippen molar-refractivity contribution in [3.05, 3.63) is 111 Å². The fourth-order valence-corrected chi connectivity index (χ4v) is 5.03. The number of piperazine rings is 1. The van der Waals surface area contributed by atoms with Crippen molar-refractivity contribution in [2.24, 2.45) is 0 Å². The van der Waals surface area contributed by atoms with Gasteiger partial charge in [0.05, 0.1) is 11.0 Å². The summed E-state index contributed by atoms with van der Waals surface area (Å²) in [6, 6.07) is 20.2. The molecule has 0 spiro atoms. The second kappa shape index (κ2) is 9.65. The maximum atomic E-state index is 11.0. The van der Waals surface area contributed by atoms with E-state index in [1.807, 2.05) is 18.3 Å². The van der Waals surface area contributed by atoms with Crippen LogP contribution < -0.4 is 0 Å². The van der Waals surface area contributed by atoms with E-state index in [0.29, 0.717) is 0 Å². The molecule has 1 saturated heterocycles. The highest BCUT2D eigenvalue weighted by Crippen LogP contribution is 2.36. The van der Waals surface area contributed by atoms with Gasteiger partial charge in [-0.05, 0) is 41.2 Å². The van der Waals surface area contributed by atoms with Crippen molar-refractivity contribution >= 4 is 11.8 Å². The second-order valence-corrected chi connectivity index (χ2v) is 8.73. The smallest absolute Gasteiger partial charge is 0.270 e. The number of nitro groups is 1. The van der Waals surface area contributed by atoms with Crippen molar-refractivity contribution in [3.63, 3.8) is 0 Å². The Hall–Kier alpha value is -3.35. The van der Waals surface area contributed by atoms with E-state index in [0.717, 1.165) is 51.1 Å². The van der Waals surface area contributed by atoms with Gasteiger partial charge in [-0.3, -0.25) is 24.9 Å². The molecular weight excluding hydrogens is 412 g/mol. The quantitative estimate of drug-likeness (QED) is 0.432. The average Bonchev–Trinajstić information content (AvgIpc) is 3.02. The fraction of sp³-hybridized carbons (Fsp3) is 0.296. The lowest BCUT2D eigenvalue weighted by Gasteiger charge is -2.39. The average molecular weight is 441 g/mol. The second-order valence-electron chi connectivity index (χ2n) is 8.73. The third-order valence-corrected chi connectivity index (χ3v) is 6.73. The van der Waals surface area contributed by atoms with E-state index in [1.165, 1.54) is 28.5 Å². The highest BCUT2D eigenvalue weighted by atomic mass is 16.6. The maximum absolute atomic E-state index is 11.0. The summed E-state index contributed by atoms with van der Waals surface area (Å²) in [6.07, 6.45) is 8.03. The number of aromatic nitrogens is 1. The first-order valence-electron chi connectivity index (χ1n) is 11.6. The van der Waals surface area contributed by atoms with Crippen molar-refractivity contribution in [2.45, 2.75) is 18.9 Å². The molecular formula is C27H28N4O2. The van der Waals surface area contributed by atoms with Crippen molar-refractivity contribution in [2.75, 3.05) is 32.7 Å². The van der Waals surface area contributed by atoms with Gasteiger partial charge in [0.25, 0.3) is 5.69 Å². The molecule has 1 aliphatic carbocycles. The minimum Gasteiger partial charge on any atom is -0.297 e. The Labute approximate surface area is 194 Å². The Balaban J connectivity index is 1.27. The largest absolute Gasteiger partial charge is 0.297 e. The summed E-state index contributed by atoms with van der Waals surface area (Å²) in [5.41, 5.74) is 6.42. The lowest BCUT2D eigenvalue weighted by molar-refractivity contribution is -0.384. The SMILES string of the molecule is O=[N+]([O-])c1cccc(/C=C/CN2CCN(C3c4ccccc4CCc4ncccc43)CC2)c1. The molecule has 1 aliphatic heterocycles. The van der Waals surface area contributed by atoms with Gasteiger partial charge < -0.3 is 0 Å². The van der Waals surface area contributed by atoms with E-state index in [-0.39, 0.29) is 16.7 Å². The van der Waals surface area contributed by atoms with E-state index >= 15 is 0 Å². The fourth-order valence-electron chi connectivity index (χ4n) is 5.03. The summed E-state index contributed by atoms with van der Waals surface area (Å²) in [5, 5.41) is 11.0. The van der Waals surface area contributed by atoms with E-state index in [1.54, 1.807) is 12.1 Å². The predicted octanol–water partition coefficient (Wildman–Crippen LogP) is 4.51. The number of hydrogen-bond acceptors (Lipinski definition) is 5. The zero-order valence-electron chi connectivity index (χ0n) is 18.6. The van der Waals surface area contributed by atoms with Gasteiger partial charge in [0.15, 0.2) is 0 Å². The number of rotatable bonds is 5. The lowest BCUT2D eigenvalue weighted by atomic mass is 9.94. The van der Waals surface area contributed by atoms with Crippen LogP contribution in [0.15, 0.2) is 72.9 Å². The Morgan fingerprint density at radius 2 is 1.79 bits per heavy atom. The van der Waals surface area contributed by atoms with Crippen LogP contribution in [0.4, 0.5) is 5.69 Å². The Bertz CT molecular complexity index is 1120. The van der Waals surface area contributed by atoms with Crippen LogP contribution in [-0.2, 0) is 12.8 Å². The number of aryl methyl sites for hydroxylation is 2. The maximum Gasteiger partial charge on any atom is 0.270 e. The van der Waals surface area contributed by atoms with Crippen LogP contribution in [0.2, 0.25) is 0 Å². The van der Waals surface area contributed by atoms with Crippen molar-refractivity contribution < 1.29 is 4.92 Å². The molecule has 0 radical (unpaired) electrons. The molecule has 1 fully saturated rings. The first kappa shape index (κ1) is 21.5. The molecule has 1 aromatic heterocycles. The molecule has 2 heterocycles. The molecule has 0 N–H and O–H groups in total. The van der Waals surface area contributed by atoms with E-state index in [4.69, 9.17) is 4.98 Å². The van der Waals surface area contributed by atoms with Gasteiger partial charge >= 0.3 is 0 Å². The van der Waals surface area contributed by atoms with Gasteiger partial charge in [-0.2, -0.15) is 0 Å². The number of pyridine rings is 1. The minimum atomic E-state index is -0.351. The summed E-state index contributed by atoms with van der Waals surface area (Å²) < 4.78 is 0. The number of non-ortho nitro benzene ring substituents is 1. The zero-order valence-corrected chi connectivity index (χ0v) is 18.6. The number of benzene rings is 2. The van der Waals surface area contributed by atoms with Crippen molar-refractivity contribution in [3.8, 4) is 0 Å². The van der Waals surface area contributed by atoms with E-state index < -0.39 is 0 Å². The standard InChI is InChI=1S/C27H28N4O2/c32-31(33)23-9-3-6-21(20-23)7-5-15-29-16-18-30(19-17-29)27-24-10-2-1-8-22(24)12-13-26-25(27)11-4-14-28-26/h1-11,14,20,27H,12-13,15-19H2/b7-5+. The molecule has 0 saturated carbocycles. The molecule has 5 rings (SSSR count). The summed E-state index contributed by atoms with van der Waals surface area (Å²) in [6.45, 7) is 4.83. The summed E-state index contributed by atoms with van der Waals surface area (Å²) >= 11 is 0. The molecule has 6 nitrogen and oxygen atoms in total. The third kappa shape index (κ3) is 4.72. The molecule has 6 heteroatoms. The monoisotopic (exact) mass is 440 g/mol. The molecule has 1 unspecified atom stereocenters. The van der Waals surface area contributed by atoms with Gasteiger partial charge in [-0.15, -0.1) is 0 Å². The Morgan fingerprint density at radius 3 is 2.64 bits per heavy atom. The van der Waals surface area contributed by atoms with Crippen LogP contribution in [0.5, 0.6) is 0 Å². The first-order chi connectivity index (χ1) is 16.2. The lowest BCUT2D eigenvalue weighted by Crippen LogP contribution is -2.47. The predicted molar refractivity (Wildman–Crippen MR) is 130 cm³/mol. The van der Waals surface area contributed by atoms with Crippen LogP contribution in [0.25, 0.3) is 6.08 Å². The van der Waals surface area contributed by atoms with Gasteiger partial charge in [-0.1, -0.05) is 54.6 Å². The van der Waals surface area contributed by atoms with Gasteiger partial charge in [0, 0.05) is 56.7 Å². The normalized spacial score (nSPS) is 19.1. The number of fused-ring (bicyclic) bond motifs is 2. The van der Waals surface area contributed by atoms with E-state index in [9.17, 15) is 10.1 Å². The Kier molecular flexibility index (Phi) is 6.28. The van der Waals surface area contributed by atoms with Crippen molar-refractivity contribution in [1.29, 1.82) is 0 Å². The Morgan fingerprint density at radius 1 is 0.970 bits per heavy atom. The molecule has 33 heavy (non-hydrogen) atoms. The van der Waals surface area contributed by atoms with Crippen LogP contribution in [0, 0.1) is 10.1 Å². The first-order valence-corrected chi connectivity index (χ1v) is 11.6. The van der Waals surface area contributed by atoms with Gasteiger partial charge in [-0.25, -0.2) is 0 Å². The van der Waals surface area contributed by atoms with Crippen LogP contribution in [-0.4, -0.2) is 52.4 Å². The zero-order chi connectivity index (χ0) is 22.6. The molecule has 168 valence electrons. The molecule has 1 atom stereocenters. The van der Waals surface area contributed by atoms with Crippen LogP contribution in [0.3, 0.4) is 0 Å². The molecule has 0 amide bonds. The molecule has 2 aliphatic rings. The van der Waals surface area contributed by atoms with Crippen molar-refractivity contribution in [1.82, 2.24) is 14.8 Å². The molecule has 3 aromatic rings. The topological polar surface area (TPSA) is 62.5 Å². The summed E-state index contributed by atoms with van der Waals surface area (Å²) in [5.74, 6) is 0. The van der Waals surface area contributed by atoms with Gasteiger partial charge in [0.2, 0.25) is 0 Å². The number of nitro benzene ring substituents is 1. The van der Waals surface area contributed by atoms with Crippen LogP contribution in [0.1, 0.15) is 34.0 Å². The van der Waals surface area contributed by atoms with E-state index in [2.05, 4.69) is 52.3 Å².